The first kappa shape index (κ1) is 22.9. The predicted octanol–water partition coefficient (Wildman–Crippen LogP) is 0.702. The van der Waals surface area contributed by atoms with Gasteiger partial charge in [-0.15, -0.1) is 0 Å². The summed E-state index contributed by atoms with van der Waals surface area (Å²) in [7, 11) is -9.59. The van der Waals surface area contributed by atoms with Gasteiger partial charge in [-0.3, -0.25) is 13.9 Å². The van der Waals surface area contributed by atoms with Gasteiger partial charge in [0.05, 0.1) is 5.69 Å². The fourth-order valence-electron chi connectivity index (χ4n) is 2.67. The number of anilines is 2. The van der Waals surface area contributed by atoms with Crippen LogP contribution in [0, 0.1) is 0 Å². The van der Waals surface area contributed by atoms with E-state index in [4.69, 9.17) is 5.73 Å². The molecule has 1 heterocycles. The lowest BCUT2D eigenvalue weighted by Gasteiger charge is -2.15. The van der Waals surface area contributed by atoms with Crippen LogP contribution in [0.4, 0.5) is 17.1 Å². The van der Waals surface area contributed by atoms with Crippen LogP contribution in [0.3, 0.4) is 0 Å². The second-order valence-electron chi connectivity index (χ2n) is 6.20. The molecule has 1 aliphatic rings. The van der Waals surface area contributed by atoms with Crippen LogP contribution >= 0.6 is 0 Å². The van der Waals surface area contributed by atoms with E-state index in [1.54, 1.807) is 0 Å². The number of benzene rings is 2. The van der Waals surface area contributed by atoms with Gasteiger partial charge < -0.3 is 10.8 Å². The third kappa shape index (κ3) is 4.47. The molecule has 1 atom stereocenters. The highest BCUT2D eigenvalue weighted by Gasteiger charge is 2.42. The first-order valence-electron chi connectivity index (χ1n) is 8.31. The quantitative estimate of drug-likeness (QED) is 0.255. The highest BCUT2D eigenvalue weighted by Crippen LogP contribution is 2.32. The molecule has 16 heteroatoms. The van der Waals surface area contributed by atoms with Crippen LogP contribution in [0.2, 0.25) is 0 Å². The Kier molecular flexibility index (Phi) is 5.79. The van der Waals surface area contributed by atoms with Crippen molar-refractivity contribution in [1.82, 2.24) is 0 Å². The molecule has 0 saturated carbocycles. The molecule has 0 aliphatic carbocycles. The molecule has 14 nitrogen and oxygen atoms in total. The van der Waals surface area contributed by atoms with E-state index in [-0.39, 0.29) is 5.69 Å². The minimum atomic E-state index is -4.89. The van der Waals surface area contributed by atoms with Crippen molar-refractivity contribution in [3.63, 3.8) is 0 Å². The molecule has 32 heavy (non-hydrogen) atoms. The van der Waals surface area contributed by atoms with E-state index in [0.29, 0.717) is 5.01 Å². The number of rotatable bonds is 6. The molecule has 0 radical (unpaired) electrons. The number of carboxylic acid groups (broad SMARTS) is 1. The largest absolute Gasteiger partial charge is 0.477 e. The van der Waals surface area contributed by atoms with Crippen molar-refractivity contribution in [3.05, 3.63) is 42.5 Å². The van der Waals surface area contributed by atoms with Gasteiger partial charge in [0.1, 0.15) is 15.5 Å². The maximum Gasteiger partial charge on any atom is 0.355 e. The molecule has 3 rings (SSSR count). The molecule has 0 bridgehead atoms. The lowest BCUT2D eigenvalue weighted by atomic mass is 10.2. The van der Waals surface area contributed by atoms with E-state index in [1.165, 1.54) is 18.2 Å². The molecule has 1 aliphatic heterocycles. The molecule has 2 aromatic carbocycles. The number of carbonyl (C=O) groups excluding carboxylic acids is 1. The smallest absolute Gasteiger partial charge is 0.355 e. The zero-order valence-electron chi connectivity index (χ0n) is 15.6. The van der Waals surface area contributed by atoms with Crippen molar-refractivity contribution in [2.45, 2.75) is 15.8 Å². The number of carboxylic acids is 1. The molecule has 0 spiro atoms. The number of aliphatic carboxylic acids is 1. The minimum absolute atomic E-state index is 0.0754. The maximum absolute atomic E-state index is 12.8. The summed E-state index contributed by atoms with van der Waals surface area (Å²) >= 11 is 0. The standard InChI is InChI=1S/C16H13N5O9S2/c17-8-5-6-10(12(7-8)32(28,29)30)21-15(22)13(14(20-21)16(23)24)19-18-9-3-1-2-4-11(9)31(25,26)27/h1-7,13H,17H2,(H,23,24)(H,25,26,27)(H,28,29,30)/t13-/m0/s1. The van der Waals surface area contributed by atoms with E-state index in [0.717, 1.165) is 24.3 Å². The van der Waals surface area contributed by atoms with Gasteiger partial charge in [-0.05, 0) is 30.3 Å². The van der Waals surface area contributed by atoms with Gasteiger partial charge in [0.15, 0.2) is 5.71 Å². The van der Waals surface area contributed by atoms with Crippen molar-refractivity contribution >= 4 is 54.9 Å². The zero-order chi connectivity index (χ0) is 23.8. The Hall–Kier alpha value is -3.73. The van der Waals surface area contributed by atoms with Crippen LogP contribution in [0.15, 0.2) is 67.6 Å². The number of hydrazone groups is 1. The second-order valence-corrected chi connectivity index (χ2v) is 8.98. The summed E-state index contributed by atoms with van der Waals surface area (Å²) < 4.78 is 65.0. The van der Waals surface area contributed by atoms with Gasteiger partial charge in [-0.2, -0.15) is 37.2 Å². The third-order valence-corrected chi connectivity index (χ3v) is 5.83. The second kappa shape index (κ2) is 8.08. The Morgan fingerprint density at radius 1 is 1.03 bits per heavy atom. The van der Waals surface area contributed by atoms with Crippen molar-refractivity contribution in [2.75, 3.05) is 10.7 Å². The van der Waals surface area contributed by atoms with Crippen LogP contribution in [0.5, 0.6) is 0 Å². The third-order valence-electron chi connectivity index (χ3n) is 4.04. The highest BCUT2D eigenvalue weighted by molar-refractivity contribution is 7.86. The fourth-order valence-corrected chi connectivity index (χ4v) is 4.00. The van der Waals surface area contributed by atoms with E-state index < -0.39 is 65.0 Å². The molecule has 0 fully saturated rings. The Balaban J connectivity index is 2.08. The van der Waals surface area contributed by atoms with Crippen molar-refractivity contribution < 1.29 is 40.6 Å². The van der Waals surface area contributed by atoms with Crippen molar-refractivity contribution in [3.8, 4) is 0 Å². The van der Waals surface area contributed by atoms with Gasteiger partial charge in [-0.1, -0.05) is 12.1 Å². The first-order chi connectivity index (χ1) is 14.8. The predicted molar refractivity (Wildman–Crippen MR) is 108 cm³/mol. The number of hydrogen-bond donors (Lipinski definition) is 4. The summed E-state index contributed by atoms with van der Waals surface area (Å²) in [6, 6.07) is 5.93. The number of hydrogen-bond acceptors (Lipinski definition) is 10. The van der Waals surface area contributed by atoms with Crippen LogP contribution in [0.1, 0.15) is 0 Å². The van der Waals surface area contributed by atoms with Crippen LogP contribution in [0.25, 0.3) is 0 Å². The molecule has 168 valence electrons. The number of carbonyl (C=O) groups is 2. The molecular weight excluding hydrogens is 470 g/mol. The highest BCUT2D eigenvalue weighted by atomic mass is 32.2. The van der Waals surface area contributed by atoms with E-state index >= 15 is 0 Å². The average molecular weight is 483 g/mol. The van der Waals surface area contributed by atoms with Crippen LogP contribution in [-0.2, 0) is 29.8 Å². The summed E-state index contributed by atoms with van der Waals surface area (Å²) in [4.78, 5) is 22.9. The summed E-state index contributed by atoms with van der Waals surface area (Å²) in [5.41, 5.74) is 3.68. The number of nitrogen functional groups attached to an aromatic ring is 1. The monoisotopic (exact) mass is 483 g/mol. The molecule has 0 saturated heterocycles. The molecule has 1 amide bonds. The van der Waals surface area contributed by atoms with Crippen molar-refractivity contribution in [2.24, 2.45) is 15.3 Å². The number of amides is 1. The van der Waals surface area contributed by atoms with E-state index in [2.05, 4.69) is 15.3 Å². The van der Waals surface area contributed by atoms with Gasteiger partial charge in [0, 0.05) is 5.69 Å². The summed E-state index contributed by atoms with van der Waals surface area (Å²) in [6.45, 7) is 0. The molecular formula is C16H13N5O9S2. The molecule has 5 N–H and O–H groups in total. The summed E-state index contributed by atoms with van der Waals surface area (Å²) in [5, 5.41) is 20.5. The number of nitrogens with two attached hydrogens (primary N) is 1. The maximum atomic E-state index is 12.8. The van der Waals surface area contributed by atoms with Gasteiger partial charge >= 0.3 is 5.97 Å². The fraction of sp³-hybridized carbons (Fsp3) is 0.0625. The zero-order valence-corrected chi connectivity index (χ0v) is 17.2. The van der Waals surface area contributed by atoms with Crippen LogP contribution in [-0.4, -0.2) is 54.7 Å². The lowest BCUT2D eigenvalue weighted by molar-refractivity contribution is -0.130. The van der Waals surface area contributed by atoms with Gasteiger partial charge in [0.2, 0.25) is 6.04 Å². The Bertz CT molecular complexity index is 1400. The SMILES string of the molecule is Nc1ccc(N2N=C(C(=O)O)[C@H](N=Nc3ccccc3S(=O)(=O)O)C2=O)c(S(=O)(=O)O)c1. The minimum Gasteiger partial charge on any atom is -0.477 e. The van der Waals surface area contributed by atoms with E-state index in [1.807, 2.05) is 0 Å². The summed E-state index contributed by atoms with van der Waals surface area (Å²) in [6.07, 6.45) is 0. The van der Waals surface area contributed by atoms with Gasteiger partial charge in [-0.25, -0.2) is 4.79 Å². The first-order valence-corrected chi connectivity index (χ1v) is 11.2. The molecule has 0 unspecified atom stereocenters. The van der Waals surface area contributed by atoms with E-state index in [9.17, 15) is 40.6 Å². The number of azo groups is 1. The normalized spacial score (nSPS) is 17.1. The molecule has 0 aromatic heterocycles. The Labute approximate surface area is 180 Å². The molecule has 2 aromatic rings. The Morgan fingerprint density at radius 2 is 1.66 bits per heavy atom. The summed E-state index contributed by atoms with van der Waals surface area (Å²) in [5.74, 6) is -2.86. The van der Waals surface area contributed by atoms with Crippen LogP contribution < -0.4 is 10.7 Å². The van der Waals surface area contributed by atoms with Gasteiger partial charge in [0.25, 0.3) is 26.1 Å². The average Bonchev–Trinajstić information content (AvgIpc) is 3.02. The Morgan fingerprint density at radius 3 is 2.25 bits per heavy atom. The lowest BCUT2D eigenvalue weighted by Crippen LogP contribution is -2.33. The number of nitrogens with zero attached hydrogens (tertiary/aromatic N) is 4. The topological polar surface area (TPSA) is 229 Å². The van der Waals surface area contributed by atoms with Crippen molar-refractivity contribution in [1.29, 1.82) is 0 Å².